The number of hydrogen-bond acceptors (Lipinski definition) is 4. The zero-order chi connectivity index (χ0) is 14.1. The van der Waals surface area contributed by atoms with Gasteiger partial charge in [-0.3, -0.25) is 9.59 Å². The molecular weight excluding hydrogens is 246 g/mol. The van der Waals surface area contributed by atoms with Gasteiger partial charge in [-0.2, -0.15) is 0 Å². The summed E-state index contributed by atoms with van der Waals surface area (Å²) in [7, 11) is 1.59. The summed E-state index contributed by atoms with van der Waals surface area (Å²) in [6.45, 7) is 5.35. The zero-order valence-electron chi connectivity index (χ0n) is 11.9. The van der Waals surface area contributed by atoms with Gasteiger partial charge >= 0.3 is 11.8 Å². The maximum atomic E-state index is 12.0. The number of methoxy groups -OCH3 is 1. The van der Waals surface area contributed by atoms with Crippen molar-refractivity contribution in [2.75, 3.05) is 39.9 Å². The summed E-state index contributed by atoms with van der Waals surface area (Å²) in [6.07, 6.45) is 2.64. The highest BCUT2D eigenvalue weighted by molar-refractivity contribution is 6.35. The fraction of sp³-hybridized carbons (Fsp3) is 0.846. The van der Waals surface area contributed by atoms with Crippen molar-refractivity contribution in [1.29, 1.82) is 0 Å². The van der Waals surface area contributed by atoms with Crippen LogP contribution in [0, 0.1) is 0 Å². The third-order valence-corrected chi connectivity index (χ3v) is 3.16. The molecule has 110 valence electrons. The number of ether oxygens (including phenoxy) is 1. The molecule has 0 radical (unpaired) electrons. The first-order valence-corrected chi connectivity index (χ1v) is 6.98. The SMILES string of the molecule is CCCC(COC)NC(=O)C(=O)N1CCCNCC1. The number of nitrogens with zero attached hydrogens (tertiary/aromatic N) is 1. The van der Waals surface area contributed by atoms with Crippen LogP contribution < -0.4 is 10.6 Å². The van der Waals surface area contributed by atoms with Gasteiger partial charge in [-0.1, -0.05) is 13.3 Å². The Kier molecular flexibility index (Phi) is 7.43. The summed E-state index contributed by atoms with van der Waals surface area (Å²) >= 11 is 0. The standard InChI is InChI=1S/C13H25N3O3/c1-3-5-11(10-19-2)15-12(17)13(18)16-8-4-6-14-7-9-16/h11,14H,3-10H2,1-2H3,(H,15,17). The van der Waals surface area contributed by atoms with Gasteiger partial charge in [0.05, 0.1) is 12.6 Å². The first kappa shape index (κ1) is 15.9. The van der Waals surface area contributed by atoms with E-state index in [9.17, 15) is 9.59 Å². The van der Waals surface area contributed by atoms with E-state index in [1.165, 1.54) is 0 Å². The van der Waals surface area contributed by atoms with E-state index in [0.717, 1.165) is 32.4 Å². The summed E-state index contributed by atoms with van der Waals surface area (Å²) in [6, 6.07) is -0.0865. The van der Waals surface area contributed by atoms with Crippen LogP contribution in [0.2, 0.25) is 0 Å². The molecule has 1 fully saturated rings. The first-order valence-electron chi connectivity index (χ1n) is 6.98. The van der Waals surface area contributed by atoms with Crippen molar-refractivity contribution in [3.63, 3.8) is 0 Å². The molecular formula is C13H25N3O3. The first-order chi connectivity index (χ1) is 9.19. The van der Waals surface area contributed by atoms with Gasteiger partial charge in [-0.05, 0) is 19.4 Å². The molecule has 2 N–H and O–H groups in total. The lowest BCUT2D eigenvalue weighted by Crippen LogP contribution is -2.48. The molecule has 0 saturated carbocycles. The topological polar surface area (TPSA) is 70.7 Å². The quantitative estimate of drug-likeness (QED) is 0.676. The van der Waals surface area contributed by atoms with E-state index < -0.39 is 11.8 Å². The Morgan fingerprint density at radius 1 is 1.37 bits per heavy atom. The predicted molar refractivity (Wildman–Crippen MR) is 72.8 cm³/mol. The van der Waals surface area contributed by atoms with E-state index in [-0.39, 0.29) is 6.04 Å². The van der Waals surface area contributed by atoms with Gasteiger partial charge in [0, 0.05) is 26.7 Å². The monoisotopic (exact) mass is 271 g/mol. The number of rotatable bonds is 5. The van der Waals surface area contributed by atoms with Crippen LogP contribution in [0.3, 0.4) is 0 Å². The van der Waals surface area contributed by atoms with E-state index in [1.807, 2.05) is 6.92 Å². The fourth-order valence-corrected chi connectivity index (χ4v) is 2.19. The maximum Gasteiger partial charge on any atom is 0.311 e. The van der Waals surface area contributed by atoms with Gasteiger partial charge in [-0.25, -0.2) is 0 Å². The van der Waals surface area contributed by atoms with Crippen molar-refractivity contribution in [3.05, 3.63) is 0 Å². The van der Waals surface area contributed by atoms with Crippen LogP contribution in [0.5, 0.6) is 0 Å². The number of carbonyl (C=O) groups is 2. The highest BCUT2D eigenvalue weighted by atomic mass is 16.5. The van der Waals surface area contributed by atoms with Gasteiger partial charge in [-0.15, -0.1) is 0 Å². The Morgan fingerprint density at radius 3 is 2.84 bits per heavy atom. The largest absolute Gasteiger partial charge is 0.383 e. The molecule has 0 spiro atoms. The minimum absolute atomic E-state index is 0.0865. The molecule has 19 heavy (non-hydrogen) atoms. The van der Waals surface area contributed by atoms with Crippen LogP contribution in [0.15, 0.2) is 0 Å². The van der Waals surface area contributed by atoms with Gasteiger partial charge in [0.1, 0.15) is 0 Å². The number of carbonyl (C=O) groups excluding carboxylic acids is 2. The minimum atomic E-state index is -0.516. The van der Waals surface area contributed by atoms with Gasteiger partial charge in [0.25, 0.3) is 0 Å². The summed E-state index contributed by atoms with van der Waals surface area (Å²) in [5.74, 6) is -0.946. The smallest absolute Gasteiger partial charge is 0.311 e. The molecule has 1 rings (SSSR count). The van der Waals surface area contributed by atoms with Crippen molar-refractivity contribution in [2.45, 2.75) is 32.2 Å². The van der Waals surface area contributed by atoms with E-state index in [4.69, 9.17) is 4.74 Å². The lowest BCUT2D eigenvalue weighted by molar-refractivity contribution is -0.146. The normalized spacial score (nSPS) is 17.7. The molecule has 0 bridgehead atoms. The van der Waals surface area contributed by atoms with E-state index >= 15 is 0 Å². The second-order valence-electron chi connectivity index (χ2n) is 4.81. The predicted octanol–water partition coefficient (Wildman–Crippen LogP) is -0.260. The summed E-state index contributed by atoms with van der Waals surface area (Å²) < 4.78 is 5.05. The molecule has 0 aromatic heterocycles. The van der Waals surface area contributed by atoms with E-state index in [0.29, 0.717) is 19.7 Å². The number of hydrogen-bond donors (Lipinski definition) is 2. The fourth-order valence-electron chi connectivity index (χ4n) is 2.19. The Labute approximate surface area is 114 Å². The van der Waals surface area contributed by atoms with Gasteiger partial charge in [0.2, 0.25) is 0 Å². The molecule has 0 aromatic rings. The Morgan fingerprint density at radius 2 is 2.16 bits per heavy atom. The van der Waals surface area contributed by atoms with Crippen molar-refractivity contribution >= 4 is 11.8 Å². The molecule has 6 nitrogen and oxygen atoms in total. The lowest BCUT2D eigenvalue weighted by Gasteiger charge is -2.22. The van der Waals surface area contributed by atoms with Crippen LogP contribution in [-0.2, 0) is 14.3 Å². The number of nitrogens with one attached hydrogen (secondary N) is 2. The summed E-state index contributed by atoms with van der Waals surface area (Å²) in [5.41, 5.74) is 0. The maximum absolute atomic E-state index is 12.0. The third kappa shape index (κ3) is 5.57. The molecule has 1 aliphatic heterocycles. The molecule has 6 heteroatoms. The van der Waals surface area contributed by atoms with Crippen LogP contribution >= 0.6 is 0 Å². The molecule has 1 heterocycles. The van der Waals surface area contributed by atoms with Crippen molar-refractivity contribution in [2.24, 2.45) is 0 Å². The highest BCUT2D eigenvalue weighted by Gasteiger charge is 2.24. The second kappa shape index (κ2) is 8.87. The Hall–Kier alpha value is -1.14. The zero-order valence-corrected chi connectivity index (χ0v) is 11.9. The van der Waals surface area contributed by atoms with Crippen molar-refractivity contribution in [1.82, 2.24) is 15.5 Å². The molecule has 0 aromatic carbocycles. The Bertz CT molecular complexity index is 283. The molecule has 1 saturated heterocycles. The van der Waals surface area contributed by atoms with Crippen molar-refractivity contribution in [3.8, 4) is 0 Å². The second-order valence-corrected chi connectivity index (χ2v) is 4.81. The van der Waals surface area contributed by atoms with Crippen molar-refractivity contribution < 1.29 is 14.3 Å². The van der Waals surface area contributed by atoms with E-state index in [1.54, 1.807) is 12.0 Å². The molecule has 1 atom stereocenters. The highest BCUT2D eigenvalue weighted by Crippen LogP contribution is 2.00. The average molecular weight is 271 g/mol. The molecule has 1 unspecified atom stereocenters. The minimum Gasteiger partial charge on any atom is -0.383 e. The van der Waals surface area contributed by atoms with Crippen LogP contribution in [-0.4, -0.2) is 62.7 Å². The molecule has 1 aliphatic rings. The summed E-state index contributed by atoms with van der Waals surface area (Å²) in [4.78, 5) is 25.6. The summed E-state index contributed by atoms with van der Waals surface area (Å²) in [5, 5.41) is 5.97. The van der Waals surface area contributed by atoms with Gasteiger partial charge in [0.15, 0.2) is 0 Å². The lowest BCUT2D eigenvalue weighted by atomic mass is 10.2. The third-order valence-electron chi connectivity index (χ3n) is 3.16. The van der Waals surface area contributed by atoms with E-state index in [2.05, 4.69) is 10.6 Å². The number of amides is 2. The van der Waals surface area contributed by atoms with Crippen LogP contribution in [0.4, 0.5) is 0 Å². The van der Waals surface area contributed by atoms with Crippen LogP contribution in [0.25, 0.3) is 0 Å². The van der Waals surface area contributed by atoms with Gasteiger partial charge < -0.3 is 20.3 Å². The molecule has 2 amide bonds. The molecule has 0 aliphatic carbocycles. The Balaban J connectivity index is 2.47. The average Bonchev–Trinajstić information content (AvgIpc) is 2.67. The van der Waals surface area contributed by atoms with Crippen LogP contribution in [0.1, 0.15) is 26.2 Å².